The number of carboxylic acids is 1. The Morgan fingerprint density at radius 3 is 2.90 bits per heavy atom. The molecule has 1 aliphatic rings. The van der Waals surface area contributed by atoms with E-state index in [0.717, 1.165) is 37.7 Å². The molecule has 0 atom stereocenters. The first-order chi connectivity index (χ1) is 10.2. The van der Waals surface area contributed by atoms with Gasteiger partial charge in [0.2, 0.25) is 5.91 Å². The van der Waals surface area contributed by atoms with Gasteiger partial charge >= 0.3 is 5.97 Å². The molecule has 5 nitrogen and oxygen atoms in total. The largest absolute Gasteiger partial charge is 0.481 e. The Labute approximate surface area is 128 Å². The normalized spacial score (nSPS) is 13.0. The minimum absolute atomic E-state index is 0.0298. The van der Waals surface area contributed by atoms with Crippen LogP contribution in [0.2, 0.25) is 0 Å². The fourth-order valence-corrected chi connectivity index (χ4v) is 2.98. The first kappa shape index (κ1) is 15.7. The highest BCUT2D eigenvalue weighted by atomic mass is 32.2. The summed E-state index contributed by atoms with van der Waals surface area (Å²) in [5.74, 6) is -0.805. The lowest BCUT2D eigenvalue weighted by Gasteiger charge is -2.19. The van der Waals surface area contributed by atoms with Crippen LogP contribution >= 0.6 is 11.8 Å². The number of thioether (sulfide) groups is 1. The van der Waals surface area contributed by atoms with Crippen molar-refractivity contribution in [3.05, 3.63) is 29.8 Å². The molecule has 0 fully saturated rings. The molecule has 21 heavy (non-hydrogen) atoms. The lowest BCUT2D eigenvalue weighted by atomic mass is 10.2. The molecule has 0 unspecified atom stereocenters. The van der Waals surface area contributed by atoms with E-state index in [0.29, 0.717) is 6.54 Å². The molecule has 1 heterocycles. The Morgan fingerprint density at radius 2 is 2.10 bits per heavy atom. The average Bonchev–Trinajstić information content (AvgIpc) is 2.86. The molecule has 2 rings (SSSR count). The molecule has 0 aliphatic carbocycles. The highest BCUT2D eigenvalue weighted by Crippen LogP contribution is 2.27. The maximum Gasteiger partial charge on any atom is 0.313 e. The fourth-order valence-electron chi connectivity index (χ4n) is 2.42. The fraction of sp³-hybridized carbons (Fsp3) is 0.467. The third kappa shape index (κ3) is 4.97. The van der Waals surface area contributed by atoms with E-state index in [1.165, 1.54) is 11.3 Å². The van der Waals surface area contributed by atoms with E-state index >= 15 is 0 Å². The van der Waals surface area contributed by atoms with Crippen molar-refractivity contribution in [2.45, 2.75) is 12.8 Å². The summed E-state index contributed by atoms with van der Waals surface area (Å²) in [6.45, 7) is 2.60. The number of hydrogen-bond acceptors (Lipinski definition) is 4. The van der Waals surface area contributed by atoms with Gasteiger partial charge in [-0.15, -0.1) is 11.8 Å². The molecule has 0 saturated heterocycles. The molecule has 114 valence electrons. The molecule has 0 aromatic heterocycles. The third-order valence-corrected chi connectivity index (χ3v) is 4.29. The zero-order valence-corrected chi connectivity index (χ0v) is 12.7. The van der Waals surface area contributed by atoms with Gasteiger partial charge in [-0.2, -0.15) is 0 Å². The van der Waals surface area contributed by atoms with E-state index in [1.54, 1.807) is 0 Å². The molecule has 6 heteroatoms. The standard InChI is InChI=1S/C15H20N2O3S/c18-14(10-21-11-15(19)20)16-7-3-8-17-9-6-12-4-1-2-5-13(12)17/h1-2,4-5H,3,6-11H2,(H,16,18)(H,19,20). The van der Waals surface area contributed by atoms with Gasteiger partial charge in [-0.3, -0.25) is 9.59 Å². The number of hydrogen-bond donors (Lipinski definition) is 2. The second kappa shape index (κ2) is 7.93. The predicted molar refractivity (Wildman–Crippen MR) is 84.9 cm³/mol. The molecule has 1 aliphatic heterocycles. The number of para-hydroxylation sites is 1. The van der Waals surface area contributed by atoms with Crippen LogP contribution in [0.3, 0.4) is 0 Å². The Bertz CT molecular complexity index is 507. The molecular formula is C15H20N2O3S. The van der Waals surface area contributed by atoms with Crippen LogP contribution in [0.4, 0.5) is 5.69 Å². The predicted octanol–water partition coefficient (Wildman–Crippen LogP) is 1.37. The first-order valence-corrected chi connectivity index (χ1v) is 8.21. The smallest absolute Gasteiger partial charge is 0.313 e. The second-order valence-corrected chi connectivity index (χ2v) is 5.94. The van der Waals surface area contributed by atoms with E-state index in [2.05, 4.69) is 34.5 Å². The summed E-state index contributed by atoms with van der Waals surface area (Å²) in [5.41, 5.74) is 2.70. The highest BCUT2D eigenvalue weighted by Gasteiger charge is 2.17. The number of anilines is 1. The average molecular weight is 308 g/mol. The maximum absolute atomic E-state index is 11.5. The molecule has 2 N–H and O–H groups in total. The van der Waals surface area contributed by atoms with Gasteiger partial charge in [0.1, 0.15) is 0 Å². The Morgan fingerprint density at radius 1 is 1.29 bits per heavy atom. The second-order valence-electron chi connectivity index (χ2n) is 4.96. The number of benzene rings is 1. The van der Waals surface area contributed by atoms with Crippen molar-refractivity contribution in [1.29, 1.82) is 0 Å². The molecule has 1 aromatic rings. The summed E-state index contributed by atoms with van der Waals surface area (Å²) in [5, 5.41) is 11.3. The molecule has 1 aromatic carbocycles. The van der Waals surface area contributed by atoms with Gasteiger partial charge in [0.15, 0.2) is 0 Å². The number of carboxylic acid groups (broad SMARTS) is 1. The topological polar surface area (TPSA) is 69.6 Å². The van der Waals surface area contributed by atoms with E-state index in [4.69, 9.17) is 5.11 Å². The Kier molecular flexibility index (Phi) is 5.92. The summed E-state index contributed by atoms with van der Waals surface area (Å²) in [6.07, 6.45) is 1.98. The Hall–Kier alpha value is -1.69. The number of nitrogens with zero attached hydrogens (tertiary/aromatic N) is 1. The first-order valence-electron chi connectivity index (χ1n) is 7.06. The van der Waals surface area contributed by atoms with Crippen LogP contribution in [0.25, 0.3) is 0 Å². The number of aliphatic carboxylic acids is 1. The van der Waals surface area contributed by atoms with Crippen molar-refractivity contribution >= 4 is 29.3 Å². The van der Waals surface area contributed by atoms with Gasteiger partial charge in [-0.25, -0.2) is 0 Å². The zero-order valence-electron chi connectivity index (χ0n) is 11.9. The minimum atomic E-state index is -0.888. The number of fused-ring (bicyclic) bond motifs is 1. The Balaban J connectivity index is 1.60. The monoisotopic (exact) mass is 308 g/mol. The van der Waals surface area contributed by atoms with E-state index < -0.39 is 5.97 Å². The van der Waals surface area contributed by atoms with Gasteiger partial charge in [0.05, 0.1) is 11.5 Å². The van der Waals surface area contributed by atoms with Crippen LogP contribution in [-0.4, -0.2) is 48.1 Å². The number of carbonyl (C=O) groups excluding carboxylic acids is 1. The third-order valence-electron chi connectivity index (χ3n) is 3.37. The lowest BCUT2D eigenvalue weighted by Crippen LogP contribution is -2.30. The number of rotatable bonds is 8. The van der Waals surface area contributed by atoms with Crippen LogP contribution in [0, 0.1) is 0 Å². The SMILES string of the molecule is O=C(O)CSCC(=O)NCCCN1CCc2ccccc21. The summed E-state index contributed by atoms with van der Waals surface area (Å²) in [6, 6.07) is 8.43. The van der Waals surface area contributed by atoms with Crippen molar-refractivity contribution in [3.8, 4) is 0 Å². The van der Waals surface area contributed by atoms with Crippen LogP contribution < -0.4 is 10.2 Å². The van der Waals surface area contributed by atoms with Gasteiger partial charge in [0.25, 0.3) is 0 Å². The van der Waals surface area contributed by atoms with Crippen molar-refractivity contribution in [2.24, 2.45) is 0 Å². The quantitative estimate of drug-likeness (QED) is 0.710. The van der Waals surface area contributed by atoms with Crippen molar-refractivity contribution in [1.82, 2.24) is 5.32 Å². The van der Waals surface area contributed by atoms with Crippen molar-refractivity contribution < 1.29 is 14.7 Å². The van der Waals surface area contributed by atoms with Crippen molar-refractivity contribution in [2.75, 3.05) is 36.0 Å². The van der Waals surface area contributed by atoms with Gasteiger partial charge < -0.3 is 15.3 Å². The number of amides is 1. The van der Waals surface area contributed by atoms with Crippen molar-refractivity contribution in [3.63, 3.8) is 0 Å². The van der Waals surface area contributed by atoms with Gasteiger partial charge in [-0.05, 0) is 24.5 Å². The minimum Gasteiger partial charge on any atom is -0.481 e. The molecule has 0 spiro atoms. The maximum atomic E-state index is 11.5. The van der Waals surface area contributed by atoms with Crippen LogP contribution in [0.5, 0.6) is 0 Å². The van der Waals surface area contributed by atoms with E-state index in [9.17, 15) is 9.59 Å². The molecular weight excluding hydrogens is 288 g/mol. The van der Waals surface area contributed by atoms with Crippen LogP contribution in [0.15, 0.2) is 24.3 Å². The van der Waals surface area contributed by atoms with E-state index in [1.807, 2.05) is 0 Å². The molecule has 0 saturated carbocycles. The molecule has 0 radical (unpaired) electrons. The molecule has 0 bridgehead atoms. The number of carbonyl (C=O) groups is 2. The van der Waals surface area contributed by atoms with Crippen LogP contribution in [0.1, 0.15) is 12.0 Å². The van der Waals surface area contributed by atoms with Gasteiger partial charge in [0, 0.05) is 25.3 Å². The number of nitrogens with one attached hydrogen (secondary N) is 1. The lowest BCUT2D eigenvalue weighted by molar-refractivity contribution is -0.133. The summed E-state index contributed by atoms with van der Waals surface area (Å²) < 4.78 is 0. The highest BCUT2D eigenvalue weighted by molar-refractivity contribution is 8.00. The van der Waals surface area contributed by atoms with Crippen LogP contribution in [-0.2, 0) is 16.0 Å². The zero-order chi connectivity index (χ0) is 15.1. The van der Waals surface area contributed by atoms with E-state index in [-0.39, 0.29) is 17.4 Å². The summed E-state index contributed by atoms with van der Waals surface area (Å²) in [7, 11) is 0. The molecule has 1 amide bonds. The summed E-state index contributed by atoms with van der Waals surface area (Å²) >= 11 is 1.12. The summed E-state index contributed by atoms with van der Waals surface area (Å²) in [4.78, 5) is 24.2. The van der Waals surface area contributed by atoms with Gasteiger partial charge in [-0.1, -0.05) is 18.2 Å².